The van der Waals surface area contributed by atoms with Crippen molar-refractivity contribution in [3.8, 4) is 11.6 Å². The first-order valence-electron chi connectivity index (χ1n) is 4.54. The van der Waals surface area contributed by atoms with E-state index in [1.807, 2.05) is 6.07 Å². The highest BCUT2D eigenvalue weighted by Crippen LogP contribution is 2.10. The normalized spacial score (nSPS) is 10.2. The molecular formula is C9H11N5O. The van der Waals surface area contributed by atoms with Gasteiger partial charge in [0.2, 0.25) is 0 Å². The highest BCUT2D eigenvalue weighted by Gasteiger charge is 1.98. The van der Waals surface area contributed by atoms with Gasteiger partial charge in [0.15, 0.2) is 5.82 Å². The van der Waals surface area contributed by atoms with Crippen LogP contribution in [0.15, 0.2) is 31.0 Å². The molecule has 15 heavy (non-hydrogen) atoms. The van der Waals surface area contributed by atoms with Crippen molar-refractivity contribution >= 4 is 0 Å². The Morgan fingerprint density at radius 2 is 2.33 bits per heavy atom. The van der Waals surface area contributed by atoms with Crippen LogP contribution in [0.2, 0.25) is 0 Å². The molecule has 78 valence electrons. The van der Waals surface area contributed by atoms with Gasteiger partial charge in [0, 0.05) is 6.54 Å². The molecule has 0 saturated carbocycles. The monoisotopic (exact) mass is 205 g/mol. The van der Waals surface area contributed by atoms with E-state index < -0.39 is 0 Å². The third-order valence-corrected chi connectivity index (χ3v) is 1.76. The quantitative estimate of drug-likeness (QED) is 0.760. The first-order valence-corrected chi connectivity index (χ1v) is 4.54. The van der Waals surface area contributed by atoms with Gasteiger partial charge in [-0.2, -0.15) is 5.10 Å². The van der Waals surface area contributed by atoms with Gasteiger partial charge in [-0.15, -0.1) is 0 Å². The predicted molar refractivity (Wildman–Crippen MR) is 53.7 cm³/mol. The standard InChI is InChI=1S/C9H11N5O/c10-3-4-15-8-1-2-9(12-5-8)14-7-11-6-13-14/h1-2,5-7H,3-4,10H2. The van der Waals surface area contributed by atoms with Crippen molar-refractivity contribution in [3.05, 3.63) is 31.0 Å². The topological polar surface area (TPSA) is 78.9 Å². The summed E-state index contributed by atoms with van der Waals surface area (Å²) in [6.45, 7) is 0.981. The van der Waals surface area contributed by atoms with Crippen LogP contribution in [0.3, 0.4) is 0 Å². The molecule has 6 heteroatoms. The van der Waals surface area contributed by atoms with Gasteiger partial charge < -0.3 is 10.5 Å². The van der Waals surface area contributed by atoms with Gasteiger partial charge in [-0.1, -0.05) is 0 Å². The maximum Gasteiger partial charge on any atom is 0.155 e. The zero-order chi connectivity index (χ0) is 10.5. The van der Waals surface area contributed by atoms with E-state index in [0.29, 0.717) is 24.7 Å². The molecular weight excluding hydrogens is 194 g/mol. The molecule has 6 nitrogen and oxygen atoms in total. The summed E-state index contributed by atoms with van der Waals surface area (Å²) in [5.74, 6) is 1.40. The van der Waals surface area contributed by atoms with Crippen LogP contribution in [-0.4, -0.2) is 32.9 Å². The van der Waals surface area contributed by atoms with Crippen molar-refractivity contribution in [3.63, 3.8) is 0 Å². The first kappa shape index (κ1) is 9.60. The van der Waals surface area contributed by atoms with Crippen molar-refractivity contribution in [2.45, 2.75) is 0 Å². The van der Waals surface area contributed by atoms with Crippen LogP contribution < -0.4 is 10.5 Å². The Balaban J connectivity index is 2.11. The van der Waals surface area contributed by atoms with Crippen LogP contribution >= 0.6 is 0 Å². The fourth-order valence-electron chi connectivity index (χ4n) is 1.10. The predicted octanol–water partition coefficient (Wildman–Crippen LogP) is -0.000200. The summed E-state index contributed by atoms with van der Waals surface area (Å²) in [5.41, 5.74) is 5.32. The molecule has 0 aliphatic carbocycles. The van der Waals surface area contributed by atoms with E-state index >= 15 is 0 Å². The molecule has 2 rings (SSSR count). The molecule has 0 aliphatic rings. The lowest BCUT2D eigenvalue weighted by Gasteiger charge is -2.04. The molecule has 0 fully saturated rings. The molecule has 0 spiro atoms. The summed E-state index contributed by atoms with van der Waals surface area (Å²) in [7, 11) is 0. The molecule has 0 aliphatic heterocycles. The van der Waals surface area contributed by atoms with Gasteiger partial charge in [-0.3, -0.25) is 0 Å². The van der Waals surface area contributed by atoms with Gasteiger partial charge in [-0.25, -0.2) is 14.6 Å². The second-order valence-corrected chi connectivity index (χ2v) is 2.83. The number of pyridine rings is 1. The van der Waals surface area contributed by atoms with Crippen molar-refractivity contribution in [1.82, 2.24) is 19.7 Å². The molecule has 2 N–H and O–H groups in total. The van der Waals surface area contributed by atoms with Crippen LogP contribution in [-0.2, 0) is 0 Å². The van der Waals surface area contributed by atoms with Crippen molar-refractivity contribution in [1.29, 1.82) is 0 Å². The lowest BCUT2D eigenvalue weighted by atomic mass is 10.4. The highest BCUT2D eigenvalue weighted by molar-refractivity contribution is 5.27. The van der Waals surface area contributed by atoms with Crippen molar-refractivity contribution in [2.75, 3.05) is 13.2 Å². The van der Waals surface area contributed by atoms with Gasteiger partial charge in [0.05, 0.1) is 6.20 Å². The molecule has 0 aromatic carbocycles. The summed E-state index contributed by atoms with van der Waals surface area (Å²) in [6.07, 6.45) is 4.68. The van der Waals surface area contributed by atoms with E-state index in [-0.39, 0.29) is 0 Å². The van der Waals surface area contributed by atoms with Crippen LogP contribution in [0.4, 0.5) is 0 Å². The molecule has 2 aromatic heterocycles. The van der Waals surface area contributed by atoms with Gasteiger partial charge in [0.1, 0.15) is 25.0 Å². The molecule has 0 unspecified atom stereocenters. The molecule has 0 radical (unpaired) electrons. The fraction of sp³-hybridized carbons (Fsp3) is 0.222. The van der Waals surface area contributed by atoms with Crippen LogP contribution in [0.25, 0.3) is 5.82 Å². The minimum Gasteiger partial charge on any atom is -0.491 e. The van der Waals surface area contributed by atoms with Gasteiger partial charge >= 0.3 is 0 Å². The summed E-state index contributed by atoms with van der Waals surface area (Å²) in [4.78, 5) is 8.00. The zero-order valence-corrected chi connectivity index (χ0v) is 8.08. The minimum absolute atomic E-state index is 0.490. The van der Waals surface area contributed by atoms with E-state index in [2.05, 4.69) is 15.1 Å². The molecule has 2 heterocycles. The number of hydrogen-bond donors (Lipinski definition) is 1. The summed E-state index contributed by atoms with van der Waals surface area (Å²) in [5, 5.41) is 3.96. The third-order valence-electron chi connectivity index (χ3n) is 1.76. The van der Waals surface area contributed by atoms with Gasteiger partial charge in [0.25, 0.3) is 0 Å². The van der Waals surface area contributed by atoms with Crippen LogP contribution in [0.1, 0.15) is 0 Å². The van der Waals surface area contributed by atoms with E-state index in [1.165, 1.54) is 6.33 Å². The average molecular weight is 205 g/mol. The van der Waals surface area contributed by atoms with E-state index in [1.54, 1.807) is 23.3 Å². The zero-order valence-electron chi connectivity index (χ0n) is 8.08. The Morgan fingerprint density at radius 1 is 1.40 bits per heavy atom. The Morgan fingerprint density at radius 3 is 2.93 bits per heavy atom. The molecule has 0 saturated heterocycles. The van der Waals surface area contributed by atoms with Crippen LogP contribution in [0, 0.1) is 0 Å². The Hall–Kier alpha value is -1.95. The molecule has 2 aromatic rings. The lowest BCUT2D eigenvalue weighted by molar-refractivity contribution is 0.327. The Bertz CT molecular complexity index is 397. The average Bonchev–Trinajstić information content (AvgIpc) is 2.80. The molecule has 0 bridgehead atoms. The number of ether oxygens (including phenoxy) is 1. The SMILES string of the molecule is NCCOc1ccc(-n2cncn2)nc1. The van der Waals surface area contributed by atoms with E-state index in [9.17, 15) is 0 Å². The molecule has 0 amide bonds. The maximum atomic E-state index is 5.32. The third kappa shape index (κ3) is 2.29. The van der Waals surface area contributed by atoms with Gasteiger partial charge in [-0.05, 0) is 12.1 Å². The van der Waals surface area contributed by atoms with E-state index in [4.69, 9.17) is 10.5 Å². The number of aromatic nitrogens is 4. The number of hydrogen-bond acceptors (Lipinski definition) is 5. The number of nitrogens with two attached hydrogens (primary N) is 1. The fourth-order valence-corrected chi connectivity index (χ4v) is 1.10. The minimum atomic E-state index is 0.490. The van der Waals surface area contributed by atoms with Crippen molar-refractivity contribution < 1.29 is 4.74 Å². The maximum absolute atomic E-state index is 5.32. The summed E-state index contributed by atoms with van der Waals surface area (Å²) in [6, 6.07) is 3.63. The number of rotatable bonds is 4. The van der Waals surface area contributed by atoms with E-state index in [0.717, 1.165) is 0 Å². The second kappa shape index (κ2) is 4.52. The Labute approximate surface area is 86.7 Å². The smallest absolute Gasteiger partial charge is 0.155 e. The summed E-state index contributed by atoms with van der Waals surface area (Å²) >= 11 is 0. The second-order valence-electron chi connectivity index (χ2n) is 2.83. The lowest BCUT2D eigenvalue weighted by Crippen LogP contribution is -2.10. The Kier molecular flexibility index (Phi) is 2.89. The number of nitrogens with zero attached hydrogens (tertiary/aromatic N) is 4. The largest absolute Gasteiger partial charge is 0.491 e. The van der Waals surface area contributed by atoms with Crippen molar-refractivity contribution in [2.24, 2.45) is 5.73 Å². The summed E-state index contributed by atoms with van der Waals surface area (Å²) < 4.78 is 6.87. The first-order chi connectivity index (χ1) is 7.40. The van der Waals surface area contributed by atoms with Crippen LogP contribution in [0.5, 0.6) is 5.75 Å². The molecule has 0 atom stereocenters. The highest BCUT2D eigenvalue weighted by atomic mass is 16.5.